The molecule has 1 aromatic heterocycles. The maximum Gasteiger partial charge on any atom is 0.407 e. The van der Waals surface area contributed by atoms with E-state index in [1.807, 2.05) is 0 Å². The lowest BCUT2D eigenvalue weighted by molar-refractivity contribution is 0.0949. The van der Waals surface area contributed by atoms with Gasteiger partial charge in [0, 0.05) is 25.2 Å². The molecule has 10 heteroatoms. The van der Waals surface area contributed by atoms with E-state index in [0.717, 1.165) is 19.3 Å². The number of aromatic nitrogens is 2. The maximum atomic E-state index is 13.5. The predicted molar refractivity (Wildman–Crippen MR) is 113 cm³/mol. The van der Waals surface area contributed by atoms with Gasteiger partial charge in [-0.05, 0) is 30.5 Å². The number of carbonyl (C=O) groups is 2. The summed E-state index contributed by atoms with van der Waals surface area (Å²) in [6.07, 6.45) is 3.00. The number of anilines is 1. The van der Waals surface area contributed by atoms with Crippen LogP contribution in [0.2, 0.25) is 5.28 Å². The summed E-state index contributed by atoms with van der Waals surface area (Å²) in [4.78, 5) is 30.8. The molecule has 0 radical (unpaired) electrons. The van der Waals surface area contributed by atoms with Crippen LogP contribution in [0.25, 0.3) is 0 Å². The average molecular weight is 440 g/mol. The Morgan fingerprint density at radius 3 is 2.67 bits per heavy atom. The zero-order valence-corrected chi connectivity index (χ0v) is 17.7. The molecule has 0 saturated heterocycles. The van der Waals surface area contributed by atoms with E-state index in [2.05, 4.69) is 32.8 Å². The quantitative estimate of drug-likeness (QED) is 0.376. The van der Waals surface area contributed by atoms with Crippen LogP contribution in [0.3, 0.4) is 0 Å². The minimum atomic E-state index is -0.650. The van der Waals surface area contributed by atoms with Gasteiger partial charge in [0.05, 0.1) is 0 Å². The SMILES string of the molecule is CCCCCNc1nc(Cl)[nH]c1C(=O)NCCCNC(=O)OCc1ccccc1F. The number of hydrogen-bond donors (Lipinski definition) is 4. The van der Waals surface area contributed by atoms with Crippen molar-refractivity contribution >= 4 is 29.4 Å². The van der Waals surface area contributed by atoms with Crippen molar-refractivity contribution in [2.24, 2.45) is 0 Å². The Balaban J connectivity index is 1.65. The van der Waals surface area contributed by atoms with E-state index in [4.69, 9.17) is 16.3 Å². The Kier molecular flexibility index (Phi) is 9.93. The number of alkyl carbamates (subject to hydrolysis) is 1. The minimum absolute atomic E-state index is 0.136. The summed E-state index contributed by atoms with van der Waals surface area (Å²) in [6.45, 7) is 3.29. The summed E-state index contributed by atoms with van der Waals surface area (Å²) < 4.78 is 18.4. The fraction of sp³-hybridized carbons (Fsp3) is 0.450. The van der Waals surface area contributed by atoms with E-state index in [1.54, 1.807) is 18.2 Å². The lowest BCUT2D eigenvalue weighted by Gasteiger charge is -2.09. The second-order valence-corrected chi connectivity index (χ2v) is 6.95. The normalized spacial score (nSPS) is 10.5. The Bertz CT molecular complexity index is 831. The van der Waals surface area contributed by atoms with Crippen LogP contribution >= 0.6 is 11.6 Å². The zero-order chi connectivity index (χ0) is 21.8. The van der Waals surface area contributed by atoms with E-state index in [9.17, 15) is 14.0 Å². The van der Waals surface area contributed by atoms with Gasteiger partial charge in [-0.15, -0.1) is 0 Å². The number of H-pyrrole nitrogens is 1. The monoisotopic (exact) mass is 439 g/mol. The molecule has 0 spiro atoms. The number of nitrogens with zero attached hydrogens (tertiary/aromatic N) is 1. The van der Waals surface area contributed by atoms with Crippen LogP contribution in [-0.4, -0.2) is 41.6 Å². The van der Waals surface area contributed by atoms with Crippen LogP contribution < -0.4 is 16.0 Å². The number of benzene rings is 1. The molecular weight excluding hydrogens is 413 g/mol. The van der Waals surface area contributed by atoms with Crippen molar-refractivity contribution in [3.63, 3.8) is 0 Å². The number of ether oxygens (including phenoxy) is 1. The number of halogens is 2. The topological polar surface area (TPSA) is 108 Å². The van der Waals surface area contributed by atoms with E-state index in [1.165, 1.54) is 6.07 Å². The number of aromatic amines is 1. The van der Waals surface area contributed by atoms with Gasteiger partial charge in [0.2, 0.25) is 5.28 Å². The highest BCUT2D eigenvalue weighted by Gasteiger charge is 2.16. The molecule has 164 valence electrons. The summed E-state index contributed by atoms with van der Waals surface area (Å²) in [7, 11) is 0. The maximum absolute atomic E-state index is 13.5. The van der Waals surface area contributed by atoms with Gasteiger partial charge in [0.15, 0.2) is 5.82 Å². The number of unbranched alkanes of at least 4 members (excludes halogenated alkanes) is 2. The molecule has 1 heterocycles. The lowest BCUT2D eigenvalue weighted by atomic mass is 10.2. The van der Waals surface area contributed by atoms with Gasteiger partial charge < -0.3 is 25.7 Å². The number of rotatable bonds is 12. The van der Waals surface area contributed by atoms with Gasteiger partial charge in [0.25, 0.3) is 5.91 Å². The Morgan fingerprint density at radius 1 is 1.13 bits per heavy atom. The first kappa shape index (κ1) is 23.5. The molecule has 0 saturated carbocycles. The molecule has 30 heavy (non-hydrogen) atoms. The molecule has 0 bridgehead atoms. The molecule has 0 fully saturated rings. The van der Waals surface area contributed by atoms with E-state index in [-0.39, 0.29) is 23.5 Å². The highest BCUT2D eigenvalue weighted by atomic mass is 35.5. The summed E-state index contributed by atoms with van der Waals surface area (Å²) in [6, 6.07) is 6.09. The molecule has 2 rings (SSSR count). The van der Waals surface area contributed by atoms with Crippen LogP contribution in [0.5, 0.6) is 0 Å². The van der Waals surface area contributed by atoms with Crippen molar-refractivity contribution in [2.75, 3.05) is 25.0 Å². The fourth-order valence-electron chi connectivity index (χ4n) is 2.60. The Hall–Kier alpha value is -2.81. The largest absolute Gasteiger partial charge is 0.445 e. The average Bonchev–Trinajstić information content (AvgIpc) is 3.11. The van der Waals surface area contributed by atoms with Gasteiger partial charge in [-0.1, -0.05) is 38.0 Å². The van der Waals surface area contributed by atoms with Crippen molar-refractivity contribution in [1.82, 2.24) is 20.6 Å². The second-order valence-electron chi connectivity index (χ2n) is 6.59. The third kappa shape index (κ3) is 7.90. The summed E-state index contributed by atoms with van der Waals surface area (Å²) in [5, 5.41) is 8.54. The molecule has 4 N–H and O–H groups in total. The van der Waals surface area contributed by atoms with Crippen molar-refractivity contribution in [3.8, 4) is 0 Å². The zero-order valence-electron chi connectivity index (χ0n) is 16.9. The van der Waals surface area contributed by atoms with Crippen LogP contribution in [0.15, 0.2) is 24.3 Å². The molecule has 0 atom stereocenters. The number of imidazole rings is 1. The number of hydrogen-bond acceptors (Lipinski definition) is 5. The van der Waals surface area contributed by atoms with Crippen molar-refractivity contribution < 1.29 is 18.7 Å². The van der Waals surface area contributed by atoms with E-state index in [0.29, 0.717) is 37.4 Å². The first-order valence-electron chi connectivity index (χ1n) is 9.92. The second kappa shape index (κ2) is 12.7. The van der Waals surface area contributed by atoms with Gasteiger partial charge in [-0.2, -0.15) is 0 Å². The molecule has 2 aromatic rings. The van der Waals surface area contributed by atoms with Gasteiger partial charge in [-0.3, -0.25) is 4.79 Å². The van der Waals surface area contributed by atoms with Crippen molar-refractivity contribution in [1.29, 1.82) is 0 Å². The van der Waals surface area contributed by atoms with Crippen molar-refractivity contribution in [2.45, 2.75) is 39.2 Å². The summed E-state index contributed by atoms with van der Waals surface area (Å²) in [5.74, 6) is -0.343. The first-order chi connectivity index (χ1) is 14.5. The Morgan fingerprint density at radius 2 is 1.90 bits per heavy atom. The summed E-state index contributed by atoms with van der Waals surface area (Å²) in [5.41, 5.74) is 0.575. The van der Waals surface area contributed by atoms with E-state index < -0.39 is 11.9 Å². The number of nitrogens with one attached hydrogen (secondary N) is 4. The molecule has 1 aromatic carbocycles. The third-order valence-electron chi connectivity index (χ3n) is 4.20. The number of amides is 2. The molecule has 0 aliphatic carbocycles. The standard InChI is InChI=1S/C20H27ClFN5O3/c1-2-3-6-10-23-17-16(26-19(21)27-17)18(28)24-11-7-12-25-20(29)30-13-14-8-4-5-9-15(14)22/h4-5,8-9,23H,2-3,6-7,10-13H2,1H3,(H,24,28)(H,25,29)(H,26,27). The molecular formula is C20H27ClFN5O3. The van der Waals surface area contributed by atoms with Crippen LogP contribution in [-0.2, 0) is 11.3 Å². The van der Waals surface area contributed by atoms with Gasteiger partial charge >= 0.3 is 6.09 Å². The molecule has 0 aliphatic rings. The van der Waals surface area contributed by atoms with Crippen LogP contribution in [0.1, 0.15) is 48.7 Å². The van der Waals surface area contributed by atoms with Crippen LogP contribution in [0.4, 0.5) is 15.0 Å². The van der Waals surface area contributed by atoms with E-state index >= 15 is 0 Å². The minimum Gasteiger partial charge on any atom is -0.445 e. The molecule has 8 nitrogen and oxygen atoms in total. The van der Waals surface area contributed by atoms with Gasteiger partial charge in [0.1, 0.15) is 18.1 Å². The fourth-order valence-corrected chi connectivity index (χ4v) is 2.78. The Labute approximate surface area is 179 Å². The third-order valence-corrected chi connectivity index (χ3v) is 4.38. The predicted octanol–water partition coefficient (Wildman–Crippen LogP) is 3.85. The number of carbonyl (C=O) groups excluding carboxylic acids is 2. The van der Waals surface area contributed by atoms with Crippen molar-refractivity contribution in [3.05, 3.63) is 46.6 Å². The molecule has 0 unspecified atom stereocenters. The highest BCUT2D eigenvalue weighted by Crippen LogP contribution is 2.16. The van der Waals surface area contributed by atoms with Gasteiger partial charge in [-0.25, -0.2) is 14.2 Å². The summed E-state index contributed by atoms with van der Waals surface area (Å²) >= 11 is 5.88. The highest BCUT2D eigenvalue weighted by molar-refractivity contribution is 6.28. The molecule has 0 aliphatic heterocycles. The molecule has 2 amide bonds. The van der Waals surface area contributed by atoms with Crippen LogP contribution in [0, 0.1) is 5.82 Å². The lowest BCUT2D eigenvalue weighted by Crippen LogP contribution is -2.30. The first-order valence-corrected chi connectivity index (χ1v) is 10.3. The smallest absolute Gasteiger partial charge is 0.407 e.